The number of carbonyl (C=O) groups is 1. The lowest BCUT2D eigenvalue weighted by Crippen LogP contribution is -2.36. The van der Waals surface area contributed by atoms with Gasteiger partial charge in [0.2, 0.25) is 5.91 Å². The average Bonchev–Trinajstić information content (AvgIpc) is 3.21. The molecule has 0 fully saturated rings. The van der Waals surface area contributed by atoms with E-state index >= 15 is 0 Å². The molecule has 1 atom stereocenters. The highest BCUT2D eigenvalue weighted by Gasteiger charge is 2.32. The molecule has 5 heteroatoms. The highest BCUT2D eigenvalue weighted by molar-refractivity contribution is 5.98. The Hall–Kier alpha value is -5.81. The first kappa shape index (κ1) is 35.6. The Balaban J connectivity index is 1.19. The van der Waals surface area contributed by atoms with Crippen LogP contribution in [0.15, 0.2) is 152 Å². The predicted molar refractivity (Wildman–Crippen MR) is 213 cm³/mol. The van der Waals surface area contributed by atoms with Crippen LogP contribution < -0.4 is 19.1 Å². The molecule has 1 unspecified atom stereocenters. The topological polar surface area (TPSA) is 48.0 Å². The number of fused-ring (bicyclic) bond motifs is 1. The number of hydrogen-bond donors (Lipinski definition) is 0. The normalized spacial score (nSPS) is 13.6. The number of carbonyl (C=O) groups excluding carboxylic acids is 1. The lowest BCUT2D eigenvalue weighted by molar-refractivity contribution is -0.120. The summed E-state index contributed by atoms with van der Waals surface area (Å²) in [6, 6.07) is 51.1. The van der Waals surface area contributed by atoms with E-state index in [1.54, 1.807) is 0 Å². The predicted octanol–water partition coefficient (Wildman–Crippen LogP) is 11.2. The van der Waals surface area contributed by atoms with Crippen molar-refractivity contribution < 1.29 is 19.0 Å². The van der Waals surface area contributed by atoms with Crippen molar-refractivity contribution in [3.8, 4) is 17.2 Å². The van der Waals surface area contributed by atoms with Crippen molar-refractivity contribution >= 4 is 11.6 Å². The molecular formula is C48H47NO4. The van der Waals surface area contributed by atoms with E-state index in [1.807, 2.05) is 89.8 Å². The molecule has 1 amide bonds. The minimum Gasteiger partial charge on any atom is -0.489 e. The third-order valence-electron chi connectivity index (χ3n) is 9.96. The first-order valence-corrected chi connectivity index (χ1v) is 18.7. The average molecular weight is 702 g/mol. The molecule has 0 aliphatic heterocycles. The van der Waals surface area contributed by atoms with Crippen LogP contribution in [0.2, 0.25) is 0 Å². The van der Waals surface area contributed by atoms with E-state index in [9.17, 15) is 4.79 Å². The highest BCUT2D eigenvalue weighted by atomic mass is 16.5. The zero-order valence-electron chi connectivity index (χ0n) is 30.6. The second kappa shape index (κ2) is 17.1. The van der Waals surface area contributed by atoms with E-state index in [2.05, 4.69) is 80.6 Å². The Labute approximate surface area is 313 Å². The largest absolute Gasteiger partial charge is 0.489 e. The number of rotatable bonds is 14. The lowest BCUT2D eigenvalue weighted by atomic mass is 9.81. The molecule has 268 valence electrons. The van der Waals surface area contributed by atoms with E-state index in [4.69, 9.17) is 14.2 Å². The molecule has 7 rings (SSSR count). The Morgan fingerprint density at radius 2 is 1.17 bits per heavy atom. The summed E-state index contributed by atoms with van der Waals surface area (Å²) < 4.78 is 19.1. The van der Waals surface area contributed by atoms with Crippen LogP contribution in [0.3, 0.4) is 0 Å². The maximum absolute atomic E-state index is 14.9. The molecule has 1 aliphatic carbocycles. The third kappa shape index (κ3) is 8.99. The molecule has 53 heavy (non-hydrogen) atoms. The van der Waals surface area contributed by atoms with Gasteiger partial charge >= 0.3 is 0 Å². The molecule has 0 radical (unpaired) electrons. The van der Waals surface area contributed by atoms with Gasteiger partial charge in [-0.25, -0.2) is 0 Å². The van der Waals surface area contributed by atoms with Crippen molar-refractivity contribution in [1.29, 1.82) is 0 Å². The molecule has 0 aromatic heterocycles. The molecule has 0 bridgehead atoms. The molecule has 0 heterocycles. The van der Waals surface area contributed by atoms with Crippen LogP contribution in [0.25, 0.3) is 0 Å². The minimum absolute atomic E-state index is 0.0830. The van der Waals surface area contributed by atoms with Gasteiger partial charge in [0.25, 0.3) is 0 Å². The number of benzene rings is 6. The van der Waals surface area contributed by atoms with Crippen LogP contribution in [-0.4, -0.2) is 5.91 Å². The maximum Gasteiger partial charge on any atom is 0.234 e. The van der Waals surface area contributed by atoms with Crippen molar-refractivity contribution in [2.24, 2.45) is 0 Å². The van der Waals surface area contributed by atoms with Gasteiger partial charge in [0.1, 0.15) is 25.6 Å². The van der Waals surface area contributed by atoms with Gasteiger partial charge in [-0.15, -0.1) is 0 Å². The van der Waals surface area contributed by atoms with E-state index in [0.717, 1.165) is 64.1 Å². The van der Waals surface area contributed by atoms with E-state index < -0.39 is 0 Å². The number of amides is 1. The summed E-state index contributed by atoms with van der Waals surface area (Å²) in [4.78, 5) is 16.9. The number of anilines is 1. The van der Waals surface area contributed by atoms with Crippen LogP contribution in [-0.2, 0) is 37.6 Å². The molecule has 5 nitrogen and oxygen atoms in total. The molecule has 6 aromatic rings. The Bertz CT molecular complexity index is 2080. The SMILES string of the molecule is CC(C)c1ccc(N(Cc2ccc(OCc3ccccc3)c(OCc3ccccc3)c2)C(=O)C2CCCc3c(OCc4ccccc4)cccc32)cc1. The van der Waals surface area contributed by atoms with Gasteiger partial charge in [-0.1, -0.05) is 135 Å². The summed E-state index contributed by atoms with van der Waals surface area (Å²) in [5.41, 5.74) is 8.53. The first-order chi connectivity index (χ1) is 26.0. The summed E-state index contributed by atoms with van der Waals surface area (Å²) >= 11 is 0. The van der Waals surface area contributed by atoms with Gasteiger partial charge in [0.15, 0.2) is 11.5 Å². The fourth-order valence-electron chi connectivity index (χ4n) is 7.00. The van der Waals surface area contributed by atoms with Crippen molar-refractivity contribution in [3.05, 3.63) is 191 Å². The van der Waals surface area contributed by atoms with Crippen LogP contribution in [0.5, 0.6) is 17.2 Å². The smallest absolute Gasteiger partial charge is 0.234 e. The Morgan fingerprint density at radius 3 is 1.75 bits per heavy atom. The van der Waals surface area contributed by atoms with Crippen molar-refractivity contribution in [2.75, 3.05) is 4.90 Å². The second-order valence-electron chi connectivity index (χ2n) is 14.0. The first-order valence-electron chi connectivity index (χ1n) is 18.7. The van der Waals surface area contributed by atoms with Crippen LogP contribution in [0, 0.1) is 0 Å². The number of nitrogens with zero attached hydrogens (tertiary/aromatic N) is 1. The van der Waals surface area contributed by atoms with Gasteiger partial charge in [-0.3, -0.25) is 4.79 Å². The Kier molecular flexibility index (Phi) is 11.5. The third-order valence-corrected chi connectivity index (χ3v) is 9.96. The van der Waals surface area contributed by atoms with E-state index in [-0.39, 0.29) is 11.8 Å². The lowest BCUT2D eigenvalue weighted by Gasteiger charge is -2.32. The molecule has 0 saturated heterocycles. The number of ether oxygens (including phenoxy) is 3. The standard InChI is InChI=1S/C48H47NO4/c1-35(2)40-25-27-41(28-26-40)49(48(50)44-22-12-21-43-42(44)20-13-23-45(43)51-32-36-14-6-3-7-15-36)31-39-24-29-46(52-33-37-16-8-4-9-17-37)47(30-39)53-34-38-18-10-5-11-19-38/h3-11,13-20,23-30,35,44H,12,21-22,31-34H2,1-2H3. The molecular weight excluding hydrogens is 655 g/mol. The van der Waals surface area contributed by atoms with Crippen LogP contribution in [0.4, 0.5) is 5.69 Å². The van der Waals surface area contributed by atoms with E-state index in [1.165, 1.54) is 5.56 Å². The van der Waals surface area contributed by atoms with Gasteiger partial charge in [-0.05, 0) is 94.5 Å². The van der Waals surface area contributed by atoms with Crippen molar-refractivity contribution in [3.63, 3.8) is 0 Å². The van der Waals surface area contributed by atoms with Crippen molar-refractivity contribution in [2.45, 2.75) is 71.3 Å². The summed E-state index contributed by atoms with van der Waals surface area (Å²) in [6.07, 6.45) is 2.59. The zero-order chi connectivity index (χ0) is 36.4. The number of hydrogen-bond acceptors (Lipinski definition) is 4. The summed E-state index contributed by atoms with van der Waals surface area (Å²) in [6.45, 7) is 6.08. The van der Waals surface area contributed by atoms with Crippen LogP contribution >= 0.6 is 0 Å². The maximum atomic E-state index is 14.9. The minimum atomic E-state index is -0.286. The monoisotopic (exact) mass is 701 g/mol. The molecule has 1 aliphatic rings. The van der Waals surface area contributed by atoms with Gasteiger partial charge in [0, 0.05) is 5.69 Å². The molecule has 0 spiro atoms. The van der Waals surface area contributed by atoms with Gasteiger partial charge in [0.05, 0.1) is 12.5 Å². The van der Waals surface area contributed by atoms with Crippen LogP contribution in [0.1, 0.15) is 77.5 Å². The molecule has 0 saturated carbocycles. The van der Waals surface area contributed by atoms with Gasteiger partial charge < -0.3 is 19.1 Å². The zero-order valence-corrected chi connectivity index (χ0v) is 30.6. The van der Waals surface area contributed by atoms with E-state index in [0.29, 0.717) is 43.8 Å². The molecule has 0 N–H and O–H groups in total. The fourth-order valence-corrected chi connectivity index (χ4v) is 7.00. The fraction of sp³-hybridized carbons (Fsp3) is 0.229. The summed E-state index contributed by atoms with van der Waals surface area (Å²) in [7, 11) is 0. The Morgan fingerprint density at radius 1 is 0.604 bits per heavy atom. The summed E-state index contributed by atoms with van der Waals surface area (Å²) in [5, 5.41) is 0. The summed E-state index contributed by atoms with van der Waals surface area (Å²) in [5.74, 6) is 2.36. The molecule has 6 aromatic carbocycles. The van der Waals surface area contributed by atoms with Gasteiger partial charge in [-0.2, -0.15) is 0 Å². The van der Waals surface area contributed by atoms with Crippen molar-refractivity contribution in [1.82, 2.24) is 0 Å². The second-order valence-corrected chi connectivity index (χ2v) is 14.0. The highest BCUT2D eigenvalue weighted by Crippen LogP contribution is 2.40. The quantitative estimate of drug-likeness (QED) is 0.113.